The van der Waals surface area contributed by atoms with Crippen molar-refractivity contribution in [2.24, 2.45) is 0 Å². The van der Waals surface area contributed by atoms with Gasteiger partial charge in [0.1, 0.15) is 5.82 Å². The van der Waals surface area contributed by atoms with Crippen LogP contribution in [0.15, 0.2) is 182 Å². The highest BCUT2D eigenvalue weighted by molar-refractivity contribution is 5.78. The van der Waals surface area contributed by atoms with Gasteiger partial charge < -0.3 is 0 Å². The Morgan fingerprint density at radius 1 is 0.382 bits per heavy atom. The Morgan fingerprint density at radius 2 is 0.800 bits per heavy atom. The first-order valence-electron chi connectivity index (χ1n) is 18.5. The second-order valence-electron chi connectivity index (χ2n) is 13.6. The van der Waals surface area contributed by atoms with Crippen molar-refractivity contribution in [3.05, 3.63) is 193 Å². The third-order valence-corrected chi connectivity index (χ3v) is 9.82. The Kier molecular flexibility index (Phi) is 9.21. The molecule has 2 aromatic heterocycles. The molecule has 1 aliphatic carbocycles. The molecule has 6 nitrogen and oxygen atoms in total. The second kappa shape index (κ2) is 15.0. The van der Waals surface area contributed by atoms with Crippen molar-refractivity contribution in [3.8, 4) is 79.2 Å². The van der Waals surface area contributed by atoms with Gasteiger partial charge in [0.15, 0.2) is 29.1 Å². The summed E-state index contributed by atoms with van der Waals surface area (Å²) in [7, 11) is 0. The maximum Gasteiger partial charge on any atom is 0.164 e. The van der Waals surface area contributed by atoms with Crippen LogP contribution in [0, 0.1) is 6.92 Å². The average Bonchev–Trinajstić information content (AvgIpc) is 3.27. The van der Waals surface area contributed by atoms with E-state index in [0.29, 0.717) is 29.1 Å². The van der Waals surface area contributed by atoms with E-state index in [1.165, 1.54) is 0 Å². The molecule has 262 valence electrons. The Balaban J connectivity index is 1.07. The molecule has 0 bridgehead atoms. The minimum absolute atomic E-state index is 0.0950. The van der Waals surface area contributed by atoms with E-state index < -0.39 is 0 Å². The molecule has 2 heterocycles. The number of hydrogen-bond donors (Lipinski definition) is 0. The highest BCUT2D eigenvalue weighted by Crippen LogP contribution is 2.33. The molecule has 1 unspecified atom stereocenters. The van der Waals surface area contributed by atoms with E-state index in [0.717, 1.165) is 67.9 Å². The molecule has 8 aromatic rings. The summed E-state index contributed by atoms with van der Waals surface area (Å²) in [6.07, 6.45) is 9.34. The zero-order chi connectivity index (χ0) is 37.0. The summed E-state index contributed by atoms with van der Waals surface area (Å²) in [4.78, 5) is 29.9. The highest BCUT2D eigenvalue weighted by atomic mass is 15.0. The number of hydrogen-bond acceptors (Lipinski definition) is 6. The normalized spacial score (nSPS) is 13.5. The Hall–Kier alpha value is -7.18. The first-order valence-corrected chi connectivity index (χ1v) is 18.5. The van der Waals surface area contributed by atoms with E-state index in [1.807, 2.05) is 72.8 Å². The second-order valence-corrected chi connectivity index (χ2v) is 13.6. The molecule has 0 amide bonds. The third-order valence-electron chi connectivity index (χ3n) is 9.82. The number of aromatic nitrogens is 6. The smallest absolute Gasteiger partial charge is 0.164 e. The fourth-order valence-corrected chi connectivity index (χ4v) is 6.90. The van der Waals surface area contributed by atoms with Crippen molar-refractivity contribution in [2.45, 2.75) is 19.3 Å². The van der Waals surface area contributed by atoms with Crippen molar-refractivity contribution in [2.75, 3.05) is 0 Å². The molecule has 0 saturated carbocycles. The molecule has 0 fully saturated rings. The maximum absolute atomic E-state index is 5.05. The zero-order valence-electron chi connectivity index (χ0n) is 30.3. The van der Waals surface area contributed by atoms with Crippen LogP contribution in [-0.2, 0) is 0 Å². The molecule has 6 aromatic carbocycles. The van der Waals surface area contributed by atoms with Gasteiger partial charge >= 0.3 is 0 Å². The summed E-state index contributed by atoms with van der Waals surface area (Å²) in [6.45, 7) is 2.10. The van der Waals surface area contributed by atoms with Gasteiger partial charge in [-0.3, -0.25) is 0 Å². The number of nitrogens with zero attached hydrogens (tertiary/aromatic N) is 6. The van der Waals surface area contributed by atoms with Gasteiger partial charge in [0.2, 0.25) is 0 Å². The highest BCUT2D eigenvalue weighted by Gasteiger charge is 2.19. The van der Waals surface area contributed by atoms with Crippen LogP contribution < -0.4 is 0 Å². The molecule has 0 radical (unpaired) electrons. The number of aryl methyl sites for hydroxylation is 1. The van der Waals surface area contributed by atoms with Crippen LogP contribution in [0.2, 0.25) is 0 Å². The summed E-state index contributed by atoms with van der Waals surface area (Å²) in [5, 5.41) is 0. The number of benzene rings is 6. The lowest BCUT2D eigenvalue weighted by Gasteiger charge is -2.15. The molecule has 1 atom stereocenters. The first kappa shape index (κ1) is 33.6. The van der Waals surface area contributed by atoms with E-state index in [-0.39, 0.29) is 5.92 Å². The molecule has 55 heavy (non-hydrogen) atoms. The minimum Gasteiger partial charge on any atom is -0.212 e. The Bertz CT molecular complexity index is 2640. The molecule has 0 aliphatic heterocycles. The van der Waals surface area contributed by atoms with Crippen LogP contribution in [0.3, 0.4) is 0 Å². The monoisotopic (exact) mass is 708 g/mol. The molecule has 0 spiro atoms. The van der Waals surface area contributed by atoms with Crippen molar-refractivity contribution in [1.29, 1.82) is 0 Å². The Morgan fingerprint density at radius 3 is 1.33 bits per heavy atom. The molecule has 9 rings (SSSR count). The van der Waals surface area contributed by atoms with Crippen molar-refractivity contribution in [3.63, 3.8) is 0 Å². The largest absolute Gasteiger partial charge is 0.212 e. The summed E-state index contributed by atoms with van der Waals surface area (Å²) >= 11 is 0. The number of rotatable bonds is 8. The molecule has 1 aliphatic rings. The zero-order valence-corrected chi connectivity index (χ0v) is 30.3. The maximum atomic E-state index is 5.05. The van der Waals surface area contributed by atoms with Crippen molar-refractivity contribution >= 4 is 0 Å². The van der Waals surface area contributed by atoms with Gasteiger partial charge in [-0.15, -0.1) is 0 Å². The van der Waals surface area contributed by atoms with Crippen LogP contribution in [0.1, 0.15) is 23.7 Å². The quantitative estimate of drug-likeness (QED) is 0.156. The fraction of sp³-hybridized carbons (Fsp3) is 0.0612. The average molecular weight is 709 g/mol. The lowest BCUT2D eigenvalue weighted by atomic mass is 9.96. The van der Waals surface area contributed by atoms with Crippen LogP contribution in [0.25, 0.3) is 79.2 Å². The van der Waals surface area contributed by atoms with Crippen LogP contribution in [0.4, 0.5) is 0 Å². The lowest BCUT2D eigenvalue weighted by molar-refractivity contribution is 0.764. The van der Waals surface area contributed by atoms with Gasteiger partial charge in [0.25, 0.3) is 0 Å². The van der Waals surface area contributed by atoms with E-state index in [1.54, 1.807) is 0 Å². The minimum atomic E-state index is 0.0950. The lowest BCUT2D eigenvalue weighted by Crippen LogP contribution is -2.08. The first-order chi connectivity index (χ1) is 27.1. The van der Waals surface area contributed by atoms with E-state index in [9.17, 15) is 0 Å². The molecule has 0 N–H and O–H groups in total. The molecular formula is C49H36N6. The fourth-order valence-electron chi connectivity index (χ4n) is 6.90. The van der Waals surface area contributed by atoms with Crippen LogP contribution in [-0.4, -0.2) is 29.9 Å². The summed E-state index contributed by atoms with van der Waals surface area (Å²) in [5.41, 5.74) is 10.2. The third kappa shape index (κ3) is 7.26. The topological polar surface area (TPSA) is 77.3 Å². The predicted molar refractivity (Wildman–Crippen MR) is 222 cm³/mol. The van der Waals surface area contributed by atoms with Crippen molar-refractivity contribution < 1.29 is 0 Å². The van der Waals surface area contributed by atoms with Gasteiger partial charge in [-0.1, -0.05) is 164 Å². The van der Waals surface area contributed by atoms with Gasteiger partial charge in [0.05, 0.1) is 0 Å². The van der Waals surface area contributed by atoms with Crippen molar-refractivity contribution in [1.82, 2.24) is 29.9 Å². The molecule has 6 heteroatoms. The molecule has 0 saturated heterocycles. The Labute approximate surface area is 320 Å². The van der Waals surface area contributed by atoms with E-state index >= 15 is 0 Å². The van der Waals surface area contributed by atoms with Gasteiger partial charge in [0, 0.05) is 33.7 Å². The summed E-state index contributed by atoms with van der Waals surface area (Å²) < 4.78 is 0. The van der Waals surface area contributed by atoms with Gasteiger partial charge in [-0.05, 0) is 59.4 Å². The number of allylic oxidation sites excluding steroid dienone is 4. The predicted octanol–water partition coefficient (Wildman–Crippen LogP) is 11.6. The summed E-state index contributed by atoms with van der Waals surface area (Å²) in [5.74, 6) is 4.14. The van der Waals surface area contributed by atoms with E-state index in [2.05, 4.69) is 116 Å². The summed E-state index contributed by atoms with van der Waals surface area (Å²) in [6, 6.07) is 53.9. The van der Waals surface area contributed by atoms with E-state index in [4.69, 9.17) is 29.9 Å². The van der Waals surface area contributed by atoms with Gasteiger partial charge in [-0.25, -0.2) is 29.9 Å². The molecular weight excluding hydrogens is 673 g/mol. The van der Waals surface area contributed by atoms with Crippen LogP contribution in [0.5, 0.6) is 0 Å². The SMILES string of the molecule is Cc1ccccc1-c1nc(-c2cccc(-c3cccc(-c4cccc(-c5nc(-c6ccccc6)nc(-c6ccccc6)n5)c4)c3)c2)nc(C2C=CC=CC2)n1. The van der Waals surface area contributed by atoms with Crippen LogP contribution >= 0.6 is 0 Å². The van der Waals surface area contributed by atoms with Gasteiger partial charge in [-0.2, -0.15) is 0 Å². The standard InChI is InChI=1S/C49H36N6/c1-33-16-11-12-29-43(33)49-54-46(36-21-9-4-10-22-36)53-48(55-49)42-28-15-26-40(32-42)38-24-13-23-37(30-38)39-25-14-27-41(31-39)47-51-44(34-17-5-2-6-18-34)50-45(52-47)35-19-7-3-8-20-35/h2-21,23-32,36H,22H2,1H3.